The van der Waals surface area contributed by atoms with Crippen molar-refractivity contribution in [2.75, 3.05) is 73.2 Å². The Hall–Kier alpha value is -3.61. The summed E-state index contributed by atoms with van der Waals surface area (Å²) >= 11 is 23.7. The van der Waals surface area contributed by atoms with Crippen molar-refractivity contribution in [3.05, 3.63) is 104 Å². The summed E-state index contributed by atoms with van der Waals surface area (Å²) in [7, 11) is 0. The average molecular weight is 801 g/mol. The number of urea groups is 1. The lowest BCUT2D eigenvalue weighted by Crippen LogP contribution is -2.38. The van der Waals surface area contributed by atoms with Crippen LogP contribution in [0.5, 0.6) is 0 Å². The molecular formula is C37H48Cl4F2N8O. The molecule has 2 aliphatic heterocycles. The van der Waals surface area contributed by atoms with Crippen LogP contribution < -0.4 is 26.2 Å². The van der Waals surface area contributed by atoms with Crippen LogP contribution in [0.1, 0.15) is 39.1 Å². The summed E-state index contributed by atoms with van der Waals surface area (Å²) < 4.78 is 25.5. The van der Waals surface area contributed by atoms with Gasteiger partial charge in [0, 0.05) is 69.6 Å². The summed E-state index contributed by atoms with van der Waals surface area (Å²) in [5.74, 6) is -0.953. The van der Waals surface area contributed by atoms with Crippen LogP contribution in [-0.2, 0) is 0 Å². The molecule has 0 spiro atoms. The molecule has 6 rings (SSSR count). The highest BCUT2D eigenvalue weighted by Gasteiger charge is 2.21. The molecule has 2 amide bonds. The molecule has 0 bridgehead atoms. The number of nitrogens with two attached hydrogens (primary N) is 1. The van der Waals surface area contributed by atoms with E-state index >= 15 is 0 Å². The Morgan fingerprint density at radius 1 is 0.731 bits per heavy atom. The van der Waals surface area contributed by atoms with Gasteiger partial charge in [0.15, 0.2) is 0 Å². The van der Waals surface area contributed by atoms with E-state index in [2.05, 4.69) is 30.4 Å². The molecule has 52 heavy (non-hydrogen) atoms. The minimum absolute atomic E-state index is 0. The predicted octanol–water partition coefficient (Wildman–Crippen LogP) is 9.76. The number of aromatic nitrogens is 2. The van der Waals surface area contributed by atoms with Crippen molar-refractivity contribution in [1.82, 2.24) is 20.2 Å². The number of rotatable bonds is 3. The van der Waals surface area contributed by atoms with Gasteiger partial charge in [-0.3, -0.25) is 9.97 Å². The Morgan fingerprint density at radius 3 is 1.87 bits per heavy atom. The molecule has 4 aromatic rings. The highest BCUT2D eigenvalue weighted by molar-refractivity contribution is 6.34. The van der Waals surface area contributed by atoms with Crippen molar-refractivity contribution in [3.8, 4) is 0 Å². The Balaban J connectivity index is 0.000000304. The fraction of sp³-hybridized carbons (Fsp3) is 0.378. The normalized spacial score (nSPS) is 14.2. The first-order valence-corrected chi connectivity index (χ1v) is 17.6. The lowest BCUT2D eigenvalue weighted by molar-refractivity contribution is 0.215. The lowest BCUT2D eigenvalue weighted by Gasteiger charge is -2.25. The molecule has 15 heteroatoms. The van der Waals surface area contributed by atoms with Crippen LogP contribution in [0.25, 0.3) is 0 Å². The molecule has 9 nitrogen and oxygen atoms in total. The van der Waals surface area contributed by atoms with E-state index < -0.39 is 11.6 Å². The molecule has 0 unspecified atom stereocenters. The zero-order valence-electron chi connectivity index (χ0n) is 27.8. The third-order valence-electron chi connectivity index (χ3n) is 8.01. The van der Waals surface area contributed by atoms with Gasteiger partial charge in [-0.15, -0.1) is 0 Å². The lowest BCUT2D eigenvalue weighted by atomic mass is 10.3. The van der Waals surface area contributed by atoms with Crippen LogP contribution in [0.2, 0.25) is 20.1 Å². The Morgan fingerprint density at radius 2 is 1.29 bits per heavy atom. The Labute approximate surface area is 326 Å². The highest BCUT2D eigenvalue weighted by atomic mass is 35.5. The second-order valence-corrected chi connectivity index (χ2v) is 13.2. The fourth-order valence-corrected chi connectivity index (χ4v) is 6.13. The van der Waals surface area contributed by atoms with Crippen LogP contribution >= 0.6 is 46.4 Å². The van der Waals surface area contributed by atoms with Gasteiger partial charge in [-0.25, -0.2) is 13.6 Å². The number of hydrogen-bond donors (Lipinski definition) is 3. The number of pyridine rings is 2. The van der Waals surface area contributed by atoms with E-state index in [0.717, 1.165) is 73.4 Å². The number of carbonyl (C=O) groups is 1. The molecule has 4 heterocycles. The van der Waals surface area contributed by atoms with Crippen molar-refractivity contribution >= 4 is 75.2 Å². The van der Waals surface area contributed by atoms with Gasteiger partial charge in [0.25, 0.3) is 0 Å². The number of benzene rings is 2. The summed E-state index contributed by atoms with van der Waals surface area (Å²) in [6.45, 7) is 10.7. The number of nitrogens with one attached hydrogen (secondary N) is 2. The fourth-order valence-electron chi connectivity index (χ4n) is 5.30. The Kier molecular flexibility index (Phi) is 18.7. The number of hydrogen-bond acceptors (Lipinski definition) is 7. The quantitative estimate of drug-likeness (QED) is 0.178. The topological polar surface area (TPSA) is 103 Å². The third kappa shape index (κ3) is 12.8. The first-order valence-electron chi connectivity index (χ1n) is 16.1. The van der Waals surface area contributed by atoms with E-state index in [1.165, 1.54) is 36.4 Å². The van der Waals surface area contributed by atoms with E-state index in [0.29, 0.717) is 36.0 Å². The van der Waals surface area contributed by atoms with Crippen molar-refractivity contribution < 1.29 is 13.6 Å². The molecule has 2 saturated heterocycles. The summed E-state index contributed by atoms with van der Waals surface area (Å²) in [5, 5.41) is 7.62. The van der Waals surface area contributed by atoms with E-state index in [9.17, 15) is 13.6 Å². The average Bonchev–Trinajstić information content (AvgIpc) is 3.52. The number of amides is 2. The first kappa shape index (κ1) is 44.6. The van der Waals surface area contributed by atoms with Gasteiger partial charge in [-0.1, -0.05) is 61.3 Å². The van der Waals surface area contributed by atoms with Gasteiger partial charge >= 0.3 is 6.03 Å². The van der Waals surface area contributed by atoms with Crippen LogP contribution in [0.15, 0.2) is 60.9 Å². The molecule has 0 aliphatic carbocycles. The van der Waals surface area contributed by atoms with E-state index in [1.807, 2.05) is 32.2 Å². The van der Waals surface area contributed by atoms with Crippen molar-refractivity contribution in [2.24, 2.45) is 0 Å². The Bertz CT molecular complexity index is 1740. The summed E-state index contributed by atoms with van der Waals surface area (Å²) in [6.07, 6.45) is 5.55. The number of halogens is 6. The molecular weight excluding hydrogens is 752 g/mol. The third-order valence-corrected chi connectivity index (χ3v) is 9.52. The van der Waals surface area contributed by atoms with Crippen LogP contribution in [-0.4, -0.2) is 73.3 Å². The maximum Gasteiger partial charge on any atom is 0.321 e. The molecule has 4 N–H and O–H groups in total. The maximum absolute atomic E-state index is 13.2. The van der Waals surface area contributed by atoms with Gasteiger partial charge in [-0.2, -0.15) is 0 Å². The minimum atomic E-state index is -0.514. The van der Waals surface area contributed by atoms with Crippen LogP contribution in [0.3, 0.4) is 0 Å². The zero-order chi connectivity index (χ0) is 36.2. The van der Waals surface area contributed by atoms with E-state index in [4.69, 9.17) is 52.1 Å². The molecule has 0 radical (unpaired) electrons. The van der Waals surface area contributed by atoms with Crippen molar-refractivity contribution in [1.29, 1.82) is 0 Å². The molecule has 0 saturated carbocycles. The molecule has 2 aromatic heterocycles. The van der Waals surface area contributed by atoms with Crippen LogP contribution in [0, 0.1) is 25.5 Å². The number of nitrogens with zero attached hydrogens (tertiary/aromatic N) is 5. The SMILES string of the molecule is C.C.Cc1nccc(N2CCCN(C(=O)Nc3ccc(F)c(Cl)c3)CC2)c1Cl.Cc1nccc(N2CCCNCC2)c1Cl.Nc1ccc(F)c(Cl)c1. The molecule has 2 fully saturated rings. The standard InChI is InChI=1S/C18H19Cl2FN4O.C11H16ClN3.C6H5ClFN.2CH4/c1-12-17(20)16(5-6-22-12)24-7-2-8-25(10-9-24)18(26)23-13-3-4-15(21)14(19)11-13;1-9-11(12)10(3-5-14-9)15-7-2-4-13-6-8-15;7-5-3-4(9)1-2-6(5)8;;/h3-6,11H,2,7-10H2,1H3,(H,23,26);3,5,13H,2,4,6-8H2,1H3;1-3H,9H2;2*1H4. The number of carbonyl (C=O) groups excluding carboxylic acids is 1. The zero-order valence-corrected chi connectivity index (χ0v) is 30.9. The van der Waals surface area contributed by atoms with Gasteiger partial charge in [0.05, 0.1) is 42.9 Å². The largest absolute Gasteiger partial charge is 0.399 e. The number of anilines is 4. The van der Waals surface area contributed by atoms with Gasteiger partial charge in [-0.05, 0) is 81.8 Å². The predicted molar refractivity (Wildman–Crippen MR) is 216 cm³/mol. The monoisotopic (exact) mass is 798 g/mol. The van der Waals surface area contributed by atoms with Crippen molar-refractivity contribution in [2.45, 2.75) is 41.5 Å². The molecule has 284 valence electrons. The highest BCUT2D eigenvalue weighted by Crippen LogP contribution is 2.29. The first-order chi connectivity index (χ1) is 23.9. The van der Waals surface area contributed by atoms with Gasteiger partial charge in [0.2, 0.25) is 0 Å². The second kappa shape index (κ2) is 21.8. The van der Waals surface area contributed by atoms with Crippen LogP contribution in [0.4, 0.5) is 36.3 Å². The molecule has 2 aliphatic rings. The minimum Gasteiger partial charge on any atom is -0.399 e. The summed E-state index contributed by atoms with van der Waals surface area (Å²) in [6, 6.07) is 11.9. The maximum atomic E-state index is 13.2. The van der Waals surface area contributed by atoms with E-state index in [-0.39, 0.29) is 30.9 Å². The van der Waals surface area contributed by atoms with Gasteiger partial charge in [0.1, 0.15) is 11.6 Å². The van der Waals surface area contributed by atoms with Crippen molar-refractivity contribution in [3.63, 3.8) is 0 Å². The molecule has 0 atom stereocenters. The number of aryl methyl sites for hydroxylation is 2. The van der Waals surface area contributed by atoms with Gasteiger partial charge < -0.3 is 31.1 Å². The summed E-state index contributed by atoms with van der Waals surface area (Å²) in [4.78, 5) is 27.1. The summed E-state index contributed by atoms with van der Waals surface area (Å²) in [5.41, 5.74) is 9.97. The smallest absolute Gasteiger partial charge is 0.321 e. The number of nitrogen functional groups attached to an aromatic ring is 1. The molecule has 2 aromatic carbocycles. The second-order valence-electron chi connectivity index (χ2n) is 11.6. The van der Waals surface area contributed by atoms with E-state index in [1.54, 1.807) is 11.1 Å².